The lowest BCUT2D eigenvalue weighted by Gasteiger charge is -2.11. The number of rotatable bonds is 14. The Morgan fingerprint density at radius 3 is 1.57 bits per heavy atom. The summed E-state index contributed by atoms with van der Waals surface area (Å²) < 4.78 is 21.6. The fourth-order valence-electron chi connectivity index (χ4n) is 1.85. The van der Waals surface area contributed by atoms with E-state index in [1.807, 2.05) is 0 Å². The molecule has 7 heteroatoms. The molecule has 0 heterocycles. The average molecular weight is 346 g/mol. The highest BCUT2D eigenvalue weighted by Gasteiger charge is 2.16. The summed E-state index contributed by atoms with van der Waals surface area (Å²) >= 11 is 0. The molecular weight excluding hydrogens is 319 g/mol. The second kappa shape index (κ2) is 13.1. The highest BCUT2D eigenvalue weighted by molar-refractivity contribution is 7.57. The monoisotopic (exact) mass is 346 g/mol. The highest BCUT2D eigenvalue weighted by Crippen LogP contribution is 2.42. The Hall–Kier alpha value is -1.39. The average Bonchev–Trinajstić information content (AvgIpc) is 2.53. The van der Waals surface area contributed by atoms with E-state index in [-0.39, 0.29) is 12.3 Å². The number of esters is 2. The van der Waals surface area contributed by atoms with Gasteiger partial charge in [-0.25, -0.2) is 9.59 Å². The van der Waals surface area contributed by atoms with Gasteiger partial charge in [0.25, 0.3) is 0 Å². The molecule has 0 amide bonds. The maximum Gasteiger partial charge on any atom is 0.330 e. The van der Waals surface area contributed by atoms with E-state index in [4.69, 9.17) is 9.47 Å². The number of ether oxygens (including phenoxy) is 2. The van der Waals surface area contributed by atoms with Gasteiger partial charge in [-0.1, -0.05) is 13.2 Å². The van der Waals surface area contributed by atoms with E-state index < -0.39 is 19.3 Å². The summed E-state index contributed by atoms with van der Waals surface area (Å²) in [5, 5.41) is 0. The van der Waals surface area contributed by atoms with Gasteiger partial charge < -0.3 is 14.4 Å². The quantitative estimate of drug-likeness (QED) is 0.225. The van der Waals surface area contributed by atoms with Gasteiger partial charge in [-0.05, 0) is 38.5 Å². The van der Waals surface area contributed by atoms with Crippen LogP contribution < -0.4 is 0 Å². The van der Waals surface area contributed by atoms with Gasteiger partial charge in [0, 0.05) is 24.5 Å². The first-order valence-electron chi connectivity index (χ1n) is 7.80. The van der Waals surface area contributed by atoms with Crippen molar-refractivity contribution in [2.45, 2.75) is 38.5 Å². The third kappa shape index (κ3) is 14.0. The van der Waals surface area contributed by atoms with Crippen LogP contribution in [0.4, 0.5) is 0 Å². The largest absolute Gasteiger partial charge is 0.463 e. The molecule has 0 aromatic heterocycles. The van der Waals surface area contributed by atoms with Crippen molar-refractivity contribution in [2.24, 2.45) is 0 Å². The molecule has 0 radical (unpaired) electrons. The molecule has 0 saturated carbocycles. The summed E-state index contributed by atoms with van der Waals surface area (Å²) in [5.74, 6) is -0.895. The first-order chi connectivity index (χ1) is 10.9. The lowest BCUT2D eigenvalue weighted by molar-refractivity contribution is -0.138. The number of hydrogen-bond donors (Lipinski definition) is 1. The van der Waals surface area contributed by atoms with Crippen LogP contribution in [0.3, 0.4) is 0 Å². The van der Waals surface area contributed by atoms with E-state index in [0.29, 0.717) is 38.9 Å². The maximum absolute atomic E-state index is 11.9. The van der Waals surface area contributed by atoms with Crippen LogP contribution in [-0.2, 0) is 23.6 Å². The minimum atomic E-state index is -3.09. The zero-order valence-electron chi connectivity index (χ0n) is 13.6. The lowest BCUT2D eigenvalue weighted by Crippen LogP contribution is -2.03. The Morgan fingerprint density at radius 1 is 0.826 bits per heavy atom. The van der Waals surface area contributed by atoms with E-state index in [9.17, 15) is 19.0 Å². The van der Waals surface area contributed by atoms with Crippen molar-refractivity contribution in [1.29, 1.82) is 0 Å². The Bertz CT molecular complexity index is 396. The highest BCUT2D eigenvalue weighted by atomic mass is 31.2. The first kappa shape index (κ1) is 21.6. The van der Waals surface area contributed by atoms with Crippen LogP contribution in [0.25, 0.3) is 0 Å². The first-order valence-corrected chi connectivity index (χ1v) is 9.83. The molecule has 1 N–H and O–H groups in total. The van der Waals surface area contributed by atoms with Crippen molar-refractivity contribution in [3.05, 3.63) is 25.3 Å². The number of hydrogen-bond acceptors (Lipinski definition) is 5. The van der Waals surface area contributed by atoms with Crippen molar-refractivity contribution in [3.63, 3.8) is 0 Å². The molecule has 132 valence electrons. The molecule has 0 rings (SSSR count). The fraction of sp³-hybridized carbons (Fsp3) is 0.625. The van der Waals surface area contributed by atoms with Crippen molar-refractivity contribution in [3.8, 4) is 0 Å². The van der Waals surface area contributed by atoms with Crippen molar-refractivity contribution in [2.75, 3.05) is 25.5 Å². The van der Waals surface area contributed by atoms with Crippen molar-refractivity contribution >= 4 is 19.3 Å². The Labute approximate surface area is 138 Å². The Balaban J connectivity index is 3.55. The van der Waals surface area contributed by atoms with Crippen LogP contribution in [0.15, 0.2) is 25.3 Å². The smallest absolute Gasteiger partial charge is 0.330 e. The molecule has 0 aliphatic rings. The molecule has 0 aliphatic heterocycles. The zero-order chi connectivity index (χ0) is 17.6. The van der Waals surface area contributed by atoms with E-state index in [1.54, 1.807) is 0 Å². The number of carbonyl (C=O) groups excluding carboxylic acids is 2. The normalized spacial score (nSPS) is 10.8. The Kier molecular flexibility index (Phi) is 12.3. The van der Waals surface area contributed by atoms with E-state index in [0.717, 1.165) is 25.0 Å². The minimum absolute atomic E-state index is 0.286. The van der Waals surface area contributed by atoms with Crippen LogP contribution in [0.2, 0.25) is 0 Å². The van der Waals surface area contributed by atoms with Gasteiger partial charge in [0.1, 0.15) is 0 Å². The van der Waals surface area contributed by atoms with Crippen LogP contribution in [0, 0.1) is 0 Å². The van der Waals surface area contributed by atoms with Crippen LogP contribution in [0.1, 0.15) is 38.5 Å². The molecule has 0 spiro atoms. The molecule has 0 aromatic carbocycles. The molecule has 0 saturated heterocycles. The predicted octanol–water partition coefficient (Wildman–Crippen LogP) is 3.06. The second-order valence-corrected chi connectivity index (χ2v) is 7.75. The number of unbranched alkanes of at least 4 members (excludes halogenated alkanes) is 4. The Morgan fingerprint density at radius 2 is 1.22 bits per heavy atom. The third-order valence-electron chi connectivity index (χ3n) is 3.13. The molecule has 23 heavy (non-hydrogen) atoms. The van der Waals surface area contributed by atoms with Gasteiger partial charge in [0.2, 0.25) is 7.37 Å². The van der Waals surface area contributed by atoms with Gasteiger partial charge in [-0.2, -0.15) is 0 Å². The van der Waals surface area contributed by atoms with E-state index >= 15 is 0 Å². The molecule has 0 bridgehead atoms. The summed E-state index contributed by atoms with van der Waals surface area (Å²) in [6.45, 7) is 7.21. The summed E-state index contributed by atoms with van der Waals surface area (Å²) in [5.41, 5.74) is 0. The molecule has 0 unspecified atom stereocenters. The summed E-state index contributed by atoms with van der Waals surface area (Å²) in [7, 11) is -3.09. The van der Waals surface area contributed by atoms with E-state index in [1.165, 1.54) is 0 Å². The minimum Gasteiger partial charge on any atom is -0.463 e. The van der Waals surface area contributed by atoms with Gasteiger partial charge in [0.05, 0.1) is 13.2 Å². The second-order valence-electron chi connectivity index (χ2n) is 5.16. The van der Waals surface area contributed by atoms with Crippen LogP contribution in [0.5, 0.6) is 0 Å². The van der Waals surface area contributed by atoms with Gasteiger partial charge in [-0.3, -0.25) is 4.57 Å². The van der Waals surface area contributed by atoms with Crippen molar-refractivity contribution < 1.29 is 28.5 Å². The van der Waals surface area contributed by atoms with E-state index in [2.05, 4.69) is 13.2 Å². The molecule has 0 atom stereocenters. The third-order valence-corrected chi connectivity index (χ3v) is 5.16. The van der Waals surface area contributed by atoms with Crippen molar-refractivity contribution in [1.82, 2.24) is 0 Å². The maximum atomic E-state index is 11.9. The van der Waals surface area contributed by atoms with Crippen LogP contribution in [-0.4, -0.2) is 42.4 Å². The SMILES string of the molecule is C=CC(=O)OCCCCCP(=O)(O)CCCCCOC(=O)C=C. The predicted molar refractivity (Wildman–Crippen MR) is 89.6 cm³/mol. The molecule has 0 aromatic rings. The number of carbonyl (C=O) groups is 2. The standard InChI is InChI=1S/C16H27O6P/c1-3-15(17)21-11-7-5-9-13-23(19,20)14-10-6-8-12-22-16(18)4-2/h3-4H,1-2,5-14H2,(H,19,20). The summed E-state index contributed by atoms with van der Waals surface area (Å²) in [6, 6.07) is 0. The molecule has 6 nitrogen and oxygen atoms in total. The molecular formula is C16H27O6P. The molecule has 0 aliphatic carbocycles. The van der Waals surface area contributed by atoms with Gasteiger partial charge in [0.15, 0.2) is 0 Å². The molecule has 0 fully saturated rings. The fourth-order valence-corrected chi connectivity index (χ4v) is 3.51. The topological polar surface area (TPSA) is 89.9 Å². The van der Waals surface area contributed by atoms with Gasteiger partial charge >= 0.3 is 11.9 Å². The lowest BCUT2D eigenvalue weighted by atomic mass is 10.3. The zero-order valence-corrected chi connectivity index (χ0v) is 14.5. The van der Waals surface area contributed by atoms with Crippen LogP contribution >= 0.6 is 7.37 Å². The summed E-state index contributed by atoms with van der Waals surface area (Å²) in [6.07, 6.45) is 6.90. The summed E-state index contributed by atoms with van der Waals surface area (Å²) in [4.78, 5) is 31.4. The van der Waals surface area contributed by atoms with Gasteiger partial charge in [-0.15, -0.1) is 0 Å².